The van der Waals surface area contributed by atoms with Crippen molar-refractivity contribution in [2.45, 2.75) is 59.8 Å². The van der Waals surface area contributed by atoms with E-state index in [1.807, 2.05) is 0 Å². The zero-order valence-corrected chi connectivity index (χ0v) is 13.7. The summed E-state index contributed by atoms with van der Waals surface area (Å²) in [7, 11) is 0. The van der Waals surface area contributed by atoms with Gasteiger partial charge in [0.05, 0.1) is 0 Å². The van der Waals surface area contributed by atoms with Crippen LogP contribution in [0.25, 0.3) is 0 Å². The number of hydrogen-bond donors (Lipinski definition) is 1. The second-order valence-electron chi connectivity index (χ2n) is 7.23. The summed E-state index contributed by atoms with van der Waals surface area (Å²) in [5, 5.41) is 3.12. The monoisotopic (exact) mass is 287 g/mol. The SMILES string of the molecule is CC(CC(=O)NCC1CCCCC1CCl)C(C)(C)C. The van der Waals surface area contributed by atoms with E-state index in [0.29, 0.717) is 24.2 Å². The molecule has 112 valence electrons. The van der Waals surface area contributed by atoms with Crippen molar-refractivity contribution < 1.29 is 4.79 Å². The molecular weight excluding hydrogens is 258 g/mol. The van der Waals surface area contributed by atoms with Gasteiger partial charge in [0.15, 0.2) is 0 Å². The van der Waals surface area contributed by atoms with Crippen LogP contribution in [-0.2, 0) is 4.79 Å². The minimum absolute atomic E-state index is 0.195. The van der Waals surface area contributed by atoms with Gasteiger partial charge in [0.2, 0.25) is 5.91 Å². The van der Waals surface area contributed by atoms with Crippen LogP contribution in [0.4, 0.5) is 0 Å². The maximum absolute atomic E-state index is 12.0. The Kier molecular flexibility index (Phi) is 6.65. The molecule has 0 bridgehead atoms. The first-order chi connectivity index (χ1) is 8.84. The summed E-state index contributed by atoms with van der Waals surface area (Å²) >= 11 is 6.02. The van der Waals surface area contributed by atoms with Crippen molar-refractivity contribution in [3.05, 3.63) is 0 Å². The summed E-state index contributed by atoms with van der Waals surface area (Å²) < 4.78 is 0. The maximum Gasteiger partial charge on any atom is 0.220 e. The highest BCUT2D eigenvalue weighted by Gasteiger charge is 2.26. The fourth-order valence-corrected chi connectivity index (χ4v) is 3.06. The quantitative estimate of drug-likeness (QED) is 0.754. The Morgan fingerprint density at radius 3 is 2.37 bits per heavy atom. The number of hydrogen-bond acceptors (Lipinski definition) is 1. The first-order valence-corrected chi connectivity index (χ1v) is 8.20. The van der Waals surface area contributed by atoms with Gasteiger partial charge in [-0.2, -0.15) is 0 Å². The van der Waals surface area contributed by atoms with Gasteiger partial charge >= 0.3 is 0 Å². The molecule has 19 heavy (non-hydrogen) atoms. The Hall–Kier alpha value is -0.240. The lowest BCUT2D eigenvalue weighted by Gasteiger charge is -2.31. The first kappa shape index (κ1) is 16.8. The summed E-state index contributed by atoms with van der Waals surface area (Å²) in [6, 6.07) is 0. The molecule has 0 spiro atoms. The fourth-order valence-electron chi connectivity index (χ4n) is 2.66. The van der Waals surface area contributed by atoms with E-state index in [9.17, 15) is 4.79 Å². The van der Waals surface area contributed by atoms with Crippen LogP contribution in [0.2, 0.25) is 0 Å². The van der Waals surface area contributed by atoms with Gasteiger partial charge in [-0.25, -0.2) is 0 Å². The molecule has 1 aliphatic carbocycles. The Morgan fingerprint density at radius 1 is 1.26 bits per heavy atom. The lowest BCUT2D eigenvalue weighted by molar-refractivity contribution is -0.123. The smallest absolute Gasteiger partial charge is 0.220 e. The lowest BCUT2D eigenvalue weighted by atomic mass is 9.79. The Labute approximate surface area is 123 Å². The molecule has 0 aromatic carbocycles. The minimum Gasteiger partial charge on any atom is -0.356 e. The van der Waals surface area contributed by atoms with Crippen LogP contribution in [-0.4, -0.2) is 18.3 Å². The standard InChI is InChI=1S/C16H30ClNO/c1-12(16(2,3)4)9-15(19)18-11-14-8-6-5-7-13(14)10-17/h12-14H,5-11H2,1-4H3,(H,18,19). The fraction of sp³-hybridized carbons (Fsp3) is 0.938. The summed E-state index contributed by atoms with van der Waals surface area (Å²) in [5.74, 6) is 2.51. The highest BCUT2D eigenvalue weighted by atomic mass is 35.5. The molecule has 0 saturated heterocycles. The van der Waals surface area contributed by atoms with Gasteiger partial charge in [-0.3, -0.25) is 4.79 Å². The van der Waals surface area contributed by atoms with Crippen LogP contribution >= 0.6 is 11.6 Å². The van der Waals surface area contributed by atoms with Gasteiger partial charge in [0, 0.05) is 18.8 Å². The average Bonchev–Trinajstić information content (AvgIpc) is 2.35. The van der Waals surface area contributed by atoms with Crippen molar-refractivity contribution in [2.24, 2.45) is 23.2 Å². The number of nitrogens with one attached hydrogen (secondary N) is 1. The van der Waals surface area contributed by atoms with Crippen molar-refractivity contribution >= 4 is 17.5 Å². The molecule has 0 radical (unpaired) electrons. The molecular formula is C16H30ClNO. The lowest BCUT2D eigenvalue weighted by Crippen LogP contribution is -2.36. The number of carbonyl (C=O) groups excluding carboxylic acids is 1. The Morgan fingerprint density at radius 2 is 1.84 bits per heavy atom. The van der Waals surface area contributed by atoms with Gasteiger partial charge < -0.3 is 5.32 Å². The van der Waals surface area contributed by atoms with Crippen LogP contribution in [0, 0.1) is 23.2 Å². The van der Waals surface area contributed by atoms with E-state index in [4.69, 9.17) is 11.6 Å². The second kappa shape index (κ2) is 7.52. The second-order valence-corrected chi connectivity index (χ2v) is 7.54. The Bertz CT molecular complexity index is 285. The summed E-state index contributed by atoms with van der Waals surface area (Å²) in [4.78, 5) is 12.0. The van der Waals surface area contributed by atoms with Crippen molar-refractivity contribution in [1.29, 1.82) is 0 Å². The topological polar surface area (TPSA) is 29.1 Å². The third kappa shape index (κ3) is 5.72. The Balaban J connectivity index is 2.33. The maximum atomic E-state index is 12.0. The molecule has 2 nitrogen and oxygen atoms in total. The highest BCUT2D eigenvalue weighted by molar-refractivity contribution is 6.18. The van der Waals surface area contributed by atoms with E-state index in [1.54, 1.807) is 0 Å². The van der Waals surface area contributed by atoms with E-state index < -0.39 is 0 Å². The van der Waals surface area contributed by atoms with Crippen LogP contribution in [0.1, 0.15) is 59.8 Å². The molecule has 0 heterocycles. The predicted octanol–water partition coefficient (Wildman–Crippen LogP) is 4.22. The molecule has 1 saturated carbocycles. The van der Waals surface area contributed by atoms with Crippen LogP contribution in [0.5, 0.6) is 0 Å². The molecule has 0 aromatic rings. The summed E-state index contributed by atoms with van der Waals surface area (Å²) in [5.41, 5.74) is 0.195. The minimum atomic E-state index is 0.195. The van der Waals surface area contributed by atoms with Crippen LogP contribution < -0.4 is 5.32 Å². The molecule has 1 amide bonds. The summed E-state index contributed by atoms with van der Waals surface area (Å²) in [6.45, 7) is 9.54. The van der Waals surface area contributed by atoms with E-state index >= 15 is 0 Å². The molecule has 0 aliphatic heterocycles. The number of rotatable bonds is 5. The molecule has 1 fully saturated rings. The number of carbonyl (C=O) groups is 1. The van der Waals surface area contributed by atoms with E-state index in [1.165, 1.54) is 25.7 Å². The van der Waals surface area contributed by atoms with Gasteiger partial charge in [-0.15, -0.1) is 11.6 Å². The molecule has 3 unspecified atom stereocenters. The van der Waals surface area contributed by atoms with Crippen molar-refractivity contribution in [1.82, 2.24) is 5.32 Å². The first-order valence-electron chi connectivity index (χ1n) is 7.67. The zero-order chi connectivity index (χ0) is 14.5. The van der Waals surface area contributed by atoms with Crippen molar-refractivity contribution in [3.63, 3.8) is 0 Å². The third-order valence-corrected chi connectivity index (χ3v) is 5.19. The normalized spacial score (nSPS) is 25.9. The molecule has 3 atom stereocenters. The molecule has 1 rings (SSSR count). The molecule has 0 aromatic heterocycles. The van der Waals surface area contributed by atoms with Crippen molar-refractivity contribution in [3.8, 4) is 0 Å². The van der Waals surface area contributed by atoms with E-state index in [2.05, 4.69) is 33.0 Å². The molecule has 3 heteroatoms. The zero-order valence-electron chi connectivity index (χ0n) is 13.0. The largest absolute Gasteiger partial charge is 0.356 e. The van der Waals surface area contributed by atoms with Gasteiger partial charge in [0.1, 0.15) is 0 Å². The third-order valence-electron chi connectivity index (χ3n) is 4.80. The van der Waals surface area contributed by atoms with Crippen molar-refractivity contribution in [2.75, 3.05) is 12.4 Å². The number of halogens is 1. The van der Waals surface area contributed by atoms with Crippen LogP contribution in [0.15, 0.2) is 0 Å². The predicted molar refractivity (Wildman–Crippen MR) is 82.4 cm³/mol. The highest BCUT2D eigenvalue weighted by Crippen LogP contribution is 2.31. The average molecular weight is 288 g/mol. The van der Waals surface area contributed by atoms with Crippen LogP contribution in [0.3, 0.4) is 0 Å². The van der Waals surface area contributed by atoms with Gasteiger partial charge in [0.25, 0.3) is 0 Å². The van der Waals surface area contributed by atoms with Gasteiger partial charge in [-0.1, -0.05) is 40.5 Å². The van der Waals surface area contributed by atoms with E-state index in [-0.39, 0.29) is 11.3 Å². The number of amides is 1. The molecule has 1 N–H and O–H groups in total. The molecule has 1 aliphatic rings. The van der Waals surface area contributed by atoms with E-state index in [0.717, 1.165) is 12.4 Å². The van der Waals surface area contributed by atoms with Gasteiger partial charge in [-0.05, 0) is 36.0 Å². The number of alkyl halides is 1. The summed E-state index contributed by atoms with van der Waals surface area (Å²) in [6.07, 6.45) is 5.64.